The third kappa shape index (κ3) is 4.63. The van der Waals surface area contributed by atoms with Crippen molar-refractivity contribution < 1.29 is 8.42 Å². The Hall–Kier alpha value is -1.12. The summed E-state index contributed by atoms with van der Waals surface area (Å²) in [6.45, 7) is 4.53. The van der Waals surface area contributed by atoms with E-state index in [4.69, 9.17) is 5.14 Å². The molecule has 6 nitrogen and oxygen atoms in total. The summed E-state index contributed by atoms with van der Waals surface area (Å²) in [6, 6.07) is 3.52. The van der Waals surface area contributed by atoms with Gasteiger partial charge in [-0.25, -0.2) is 13.6 Å². The van der Waals surface area contributed by atoms with Crippen LogP contribution < -0.4 is 15.8 Å². The van der Waals surface area contributed by atoms with Gasteiger partial charge in [0, 0.05) is 18.0 Å². The topological polar surface area (TPSA) is 96.6 Å². The summed E-state index contributed by atoms with van der Waals surface area (Å²) < 4.78 is 22.4. The predicted octanol–water partition coefficient (Wildman–Crippen LogP) is 0.469. The molecule has 0 aliphatic rings. The molecule has 8 heteroatoms. The van der Waals surface area contributed by atoms with Crippen LogP contribution in [0, 0.1) is 0 Å². The average molecular weight is 290 g/mol. The molecule has 1 aromatic heterocycles. The van der Waals surface area contributed by atoms with E-state index in [9.17, 15) is 8.42 Å². The standard InChI is InChI=1S/C10H18N4O2S2/c1-7(2)14-10(12-3)13-6-8-4-5-9(17-8)18(11,15)16/h4-5,7H,6H2,1-3H3,(H2,11,15,16)(H2,12,13,14). The minimum Gasteiger partial charge on any atom is -0.354 e. The zero-order valence-electron chi connectivity index (χ0n) is 10.6. The van der Waals surface area contributed by atoms with Crippen molar-refractivity contribution in [3.8, 4) is 0 Å². The van der Waals surface area contributed by atoms with Gasteiger partial charge < -0.3 is 10.6 Å². The van der Waals surface area contributed by atoms with Gasteiger partial charge >= 0.3 is 0 Å². The van der Waals surface area contributed by atoms with Crippen molar-refractivity contribution in [2.45, 2.75) is 30.6 Å². The molecule has 0 spiro atoms. The molecule has 4 N–H and O–H groups in total. The smallest absolute Gasteiger partial charge is 0.247 e. The highest BCUT2D eigenvalue weighted by molar-refractivity contribution is 7.91. The second-order valence-electron chi connectivity index (χ2n) is 3.99. The van der Waals surface area contributed by atoms with Crippen molar-refractivity contribution in [2.75, 3.05) is 7.05 Å². The second kappa shape index (κ2) is 6.17. The Bertz CT molecular complexity index is 520. The number of thiophene rings is 1. The zero-order valence-corrected chi connectivity index (χ0v) is 12.2. The highest BCUT2D eigenvalue weighted by atomic mass is 32.2. The molecule has 102 valence electrons. The van der Waals surface area contributed by atoms with Gasteiger partial charge in [0.1, 0.15) is 4.21 Å². The van der Waals surface area contributed by atoms with Crippen LogP contribution in [0.4, 0.5) is 0 Å². The summed E-state index contributed by atoms with van der Waals surface area (Å²) in [5.74, 6) is 0.676. The molecule has 0 aromatic carbocycles. The third-order valence-electron chi connectivity index (χ3n) is 2.00. The van der Waals surface area contributed by atoms with E-state index in [0.29, 0.717) is 12.5 Å². The molecule has 0 saturated carbocycles. The van der Waals surface area contributed by atoms with Crippen molar-refractivity contribution in [2.24, 2.45) is 10.1 Å². The van der Waals surface area contributed by atoms with E-state index in [-0.39, 0.29) is 10.3 Å². The molecule has 0 aliphatic carbocycles. The molecule has 1 aromatic rings. The highest BCUT2D eigenvalue weighted by Gasteiger charge is 2.11. The van der Waals surface area contributed by atoms with Crippen molar-refractivity contribution in [1.29, 1.82) is 0 Å². The maximum absolute atomic E-state index is 11.1. The second-order valence-corrected chi connectivity index (χ2v) is 6.95. The van der Waals surface area contributed by atoms with Crippen LogP contribution in [0.3, 0.4) is 0 Å². The van der Waals surface area contributed by atoms with Gasteiger partial charge in [-0.1, -0.05) is 0 Å². The summed E-state index contributed by atoms with van der Waals surface area (Å²) in [4.78, 5) is 4.94. The van der Waals surface area contributed by atoms with Crippen molar-refractivity contribution in [1.82, 2.24) is 10.6 Å². The van der Waals surface area contributed by atoms with Crippen LogP contribution in [-0.4, -0.2) is 27.5 Å². The van der Waals surface area contributed by atoms with Crippen LogP contribution in [0.2, 0.25) is 0 Å². The monoisotopic (exact) mass is 290 g/mol. The molecule has 18 heavy (non-hydrogen) atoms. The number of primary sulfonamides is 1. The number of guanidine groups is 1. The Kier molecular flexibility index (Phi) is 5.12. The number of hydrogen-bond acceptors (Lipinski definition) is 4. The number of hydrogen-bond donors (Lipinski definition) is 3. The molecule has 1 rings (SSSR count). The largest absolute Gasteiger partial charge is 0.354 e. The van der Waals surface area contributed by atoms with Gasteiger partial charge in [-0.15, -0.1) is 11.3 Å². The van der Waals surface area contributed by atoms with Gasteiger partial charge in [-0.2, -0.15) is 0 Å². The van der Waals surface area contributed by atoms with Crippen molar-refractivity contribution in [3.63, 3.8) is 0 Å². The predicted molar refractivity (Wildman–Crippen MR) is 74.2 cm³/mol. The van der Waals surface area contributed by atoms with Gasteiger partial charge in [-0.3, -0.25) is 4.99 Å². The van der Waals surface area contributed by atoms with Crippen LogP contribution >= 0.6 is 11.3 Å². The van der Waals surface area contributed by atoms with Crippen molar-refractivity contribution >= 4 is 27.3 Å². The first kappa shape index (κ1) is 14.9. The molecule has 0 unspecified atom stereocenters. The molecule has 0 fully saturated rings. The lowest BCUT2D eigenvalue weighted by Gasteiger charge is -2.13. The van der Waals surface area contributed by atoms with E-state index in [0.717, 1.165) is 16.2 Å². The van der Waals surface area contributed by atoms with Gasteiger partial charge in [0.05, 0.1) is 6.54 Å². The Labute approximate surface area is 111 Å². The molecule has 0 bridgehead atoms. The fourth-order valence-corrected chi connectivity index (χ4v) is 2.96. The minimum absolute atomic E-state index is 0.172. The molecule has 0 atom stereocenters. The van der Waals surface area contributed by atoms with Gasteiger partial charge in [-0.05, 0) is 26.0 Å². The highest BCUT2D eigenvalue weighted by Crippen LogP contribution is 2.19. The first-order valence-corrected chi connectivity index (χ1v) is 7.78. The minimum atomic E-state index is -3.60. The number of aliphatic imine (C=N–C) groups is 1. The molecule has 0 saturated heterocycles. The Morgan fingerprint density at radius 2 is 2.17 bits per heavy atom. The number of rotatable bonds is 4. The summed E-state index contributed by atoms with van der Waals surface area (Å²) >= 11 is 1.15. The van der Waals surface area contributed by atoms with E-state index in [1.54, 1.807) is 13.1 Å². The van der Waals surface area contributed by atoms with E-state index < -0.39 is 10.0 Å². The number of sulfonamides is 1. The lowest BCUT2D eigenvalue weighted by atomic mass is 10.4. The summed E-state index contributed by atoms with van der Waals surface area (Å²) in [5.41, 5.74) is 0. The first-order chi connectivity index (χ1) is 8.32. The fraction of sp³-hybridized carbons (Fsp3) is 0.500. The fourth-order valence-electron chi connectivity index (χ4n) is 1.25. The Morgan fingerprint density at radius 1 is 1.50 bits per heavy atom. The van der Waals surface area contributed by atoms with Crippen LogP contribution in [0.15, 0.2) is 21.3 Å². The van der Waals surface area contributed by atoms with Gasteiger partial charge in [0.15, 0.2) is 5.96 Å². The Morgan fingerprint density at radius 3 is 2.61 bits per heavy atom. The molecule has 0 radical (unpaired) electrons. The van der Waals surface area contributed by atoms with Gasteiger partial charge in [0.25, 0.3) is 0 Å². The third-order valence-corrected chi connectivity index (χ3v) is 4.52. The molecule has 0 aliphatic heterocycles. The van der Waals surface area contributed by atoms with Crippen LogP contribution in [-0.2, 0) is 16.6 Å². The zero-order chi connectivity index (χ0) is 13.8. The average Bonchev–Trinajstić information content (AvgIpc) is 2.71. The van der Waals surface area contributed by atoms with Crippen LogP contribution in [0.5, 0.6) is 0 Å². The lowest BCUT2D eigenvalue weighted by Crippen LogP contribution is -2.40. The SMILES string of the molecule is CN=C(NCc1ccc(S(N)(=O)=O)s1)NC(C)C. The number of nitrogens with two attached hydrogens (primary N) is 1. The molecule has 0 amide bonds. The summed E-state index contributed by atoms with van der Waals surface area (Å²) in [5, 5.41) is 11.3. The first-order valence-electron chi connectivity index (χ1n) is 5.41. The van der Waals surface area contributed by atoms with Gasteiger partial charge in [0.2, 0.25) is 10.0 Å². The maximum Gasteiger partial charge on any atom is 0.247 e. The maximum atomic E-state index is 11.1. The summed E-state index contributed by atoms with van der Waals surface area (Å²) in [6.07, 6.45) is 0. The van der Waals surface area contributed by atoms with Crippen LogP contribution in [0.1, 0.15) is 18.7 Å². The van der Waals surface area contributed by atoms with E-state index >= 15 is 0 Å². The summed E-state index contributed by atoms with van der Waals surface area (Å²) in [7, 11) is -1.92. The Balaban J connectivity index is 2.61. The van der Waals surface area contributed by atoms with E-state index in [1.165, 1.54) is 6.07 Å². The number of nitrogens with zero attached hydrogens (tertiary/aromatic N) is 1. The van der Waals surface area contributed by atoms with E-state index in [2.05, 4.69) is 15.6 Å². The normalized spacial score (nSPS) is 12.8. The molecular formula is C10H18N4O2S2. The molecular weight excluding hydrogens is 272 g/mol. The molecule has 1 heterocycles. The van der Waals surface area contributed by atoms with Crippen LogP contribution in [0.25, 0.3) is 0 Å². The van der Waals surface area contributed by atoms with Crippen molar-refractivity contribution in [3.05, 3.63) is 17.0 Å². The lowest BCUT2D eigenvalue weighted by molar-refractivity contribution is 0.600. The number of nitrogens with one attached hydrogen (secondary N) is 2. The van der Waals surface area contributed by atoms with E-state index in [1.807, 2.05) is 13.8 Å². The quantitative estimate of drug-likeness (QED) is 0.554.